The number of para-hydroxylation sites is 2. The van der Waals surface area contributed by atoms with Gasteiger partial charge in [0.1, 0.15) is 11.5 Å². The molecule has 4 rings (SSSR count). The van der Waals surface area contributed by atoms with Gasteiger partial charge in [-0.3, -0.25) is 0 Å². The molecule has 0 saturated carbocycles. The van der Waals surface area contributed by atoms with Crippen LogP contribution in [0.1, 0.15) is 0 Å². The Bertz CT molecular complexity index is 1010. The van der Waals surface area contributed by atoms with E-state index in [1.807, 2.05) is 36.4 Å². The van der Waals surface area contributed by atoms with Crippen LogP contribution in [-0.2, 0) is 0 Å². The van der Waals surface area contributed by atoms with Crippen LogP contribution >= 0.6 is 0 Å². The van der Waals surface area contributed by atoms with Crippen molar-refractivity contribution in [1.29, 1.82) is 0 Å². The average Bonchev–Trinajstić information content (AvgIpc) is 3.07. The van der Waals surface area contributed by atoms with Crippen LogP contribution in [0, 0.1) is 0 Å². The van der Waals surface area contributed by atoms with Crippen molar-refractivity contribution in [3.05, 3.63) is 54.7 Å². The Kier molecular flexibility index (Phi) is 3.66. The van der Waals surface area contributed by atoms with Gasteiger partial charge in [-0.05, 0) is 24.3 Å². The summed E-state index contributed by atoms with van der Waals surface area (Å²) in [6.07, 6.45) is 1.47. The van der Waals surface area contributed by atoms with Gasteiger partial charge in [-0.2, -0.15) is 0 Å². The zero-order chi connectivity index (χ0) is 17.2. The van der Waals surface area contributed by atoms with E-state index in [4.69, 9.17) is 15.2 Å². The fourth-order valence-corrected chi connectivity index (χ4v) is 2.46. The summed E-state index contributed by atoms with van der Waals surface area (Å²) >= 11 is 0. The molecular weight excluding hydrogens is 318 g/mol. The second kappa shape index (κ2) is 6.12. The molecule has 0 aliphatic heterocycles. The number of aromatic amines is 1. The van der Waals surface area contributed by atoms with Crippen molar-refractivity contribution in [2.75, 3.05) is 12.8 Å². The first kappa shape index (κ1) is 14.9. The van der Waals surface area contributed by atoms with E-state index in [0.29, 0.717) is 28.9 Å². The van der Waals surface area contributed by atoms with Crippen molar-refractivity contribution in [2.45, 2.75) is 0 Å². The van der Waals surface area contributed by atoms with Crippen LogP contribution in [0.5, 0.6) is 17.4 Å². The summed E-state index contributed by atoms with van der Waals surface area (Å²) in [7, 11) is 1.60. The lowest BCUT2D eigenvalue weighted by molar-refractivity contribution is 0.407. The van der Waals surface area contributed by atoms with E-state index >= 15 is 0 Å². The van der Waals surface area contributed by atoms with Crippen molar-refractivity contribution in [1.82, 2.24) is 19.9 Å². The third-order valence-corrected chi connectivity index (χ3v) is 3.66. The van der Waals surface area contributed by atoms with Crippen molar-refractivity contribution in [2.24, 2.45) is 0 Å². The number of hydrogen-bond acceptors (Lipinski definition) is 6. The first-order valence-corrected chi connectivity index (χ1v) is 7.62. The van der Waals surface area contributed by atoms with E-state index in [0.717, 1.165) is 11.0 Å². The SMILES string of the molecule is COc1cccc(Oc2cnc(N)c(-c3nc4ccccc4[nH]3)n2)c1. The molecule has 0 aliphatic rings. The van der Waals surface area contributed by atoms with Gasteiger partial charge in [-0.1, -0.05) is 18.2 Å². The number of fused-ring (bicyclic) bond motifs is 1. The maximum atomic E-state index is 5.97. The van der Waals surface area contributed by atoms with Gasteiger partial charge in [0.2, 0.25) is 5.88 Å². The Morgan fingerprint density at radius 1 is 1.00 bits per heavy atom. The van der Waals surface area contributed by atoms with Crippen LogP contribution in [0.3, 0.4) is 0 Å². The van der Waals surface area contributed by atoms with Gasteiger partial charge in [0, 0.05) is 6.07 Å². The molecule has 25 heavy (non-hydrogen) atoms. The third kappa shape index (κ3) is 2.94. The van der Waals surface area contributed by atoms with Crippen LogP contribution in [0.25, 0.3) is 22.6 Å². The van der Waals surface area contributed by atoms with Crippen molar-refractivity contribution in [3.8, 4) is 28.9 Å². The molecular formula is C18H15N5O2. The summed E-state index contributed by atoms with van der Waals surface area (Å²) in [5.41, 5.74) is 8.15. The Labute approximate surface area is 143 Å². The lowest BCUT2D eigenvalue weighted by Crippen LogP contribution is -2.00. The standard InChI is InChI=1S/C18H15N5O2/c1-24-11-5-4-6-12(9-11)25-15-10-20-17(19)16(23-15)18-21-13-7-2-3-8-14(13)22-18/h2-10H,1H3,(H2,19,20)(H,21,22). The molecule has 0 aliphatic carbocycles. The second-order valence-corrected chi connectivity index (χ2v) is 5.33. The average molecular weight is 333 g/mol. The topological polar surface area (TPSA) is 98.9 Å². The van der Waals surface area contributed by atoms with Crippen LogP contribution in [-0.4, -0.2) is 27.0 Å². The number of aromatic nitrogens is 4. The molecule has 4 aromatic rings. The first-order chi connectivity index (χ1) is 12.2. The van der Waals surface area contributed by atoms with E-state index < -0.39 is 0 Å². The van der Waals surface area contributed by atoms with Gasteiger partial charge < -0.3 is 20.2 Å². The van der Waals surface area contributed by atoms with Crippen LogP contribution in [0.2, 0.25) is 0 Å². The smallest absolute Gasteiger partial charge is 0.238 e. The molecule has 7 nitrogen and oxygen atoms in total. The summed E-state index contributed by atoms with van der Waals surface area (Å²) in [6, 6.07) is 14.9. The Morgan fingerprint density at radius 2 is 1.84 bits per heavy atom. The maximum absolute atomic E-state index is 5.97. The molecule has 7 heteroatoms. The number of rotatable bonds is 4. The molecule has 0 radical (unpaired) electrons. The number of methoxy groups -OCH3 is 1. The van der Waals surface area contributed by atoms with Crippen LogP contribution in [0.15, 0.2) is 54.7 Å². The molecule has 124 valence electrons. The number of imidazole rings is 1. The molecule has 0 fully saturated rings. The van der Waals surface area contributed by atoms with Gasteiger partial charge >= 0.3 is 0 Å². The summed E-state index contributed by atoms with van der Waals surface area (Å²) in [6.45, 7) is 0. The molecule has 2 heterocycles. The molecule has 0 amide bonds. The minimum atomic E-state index is 0.275. The highest BCUT2D eigenvalue weighted by atomic mass is 16.5. The van der Waals surface area contributed by atoms with E-state index in [9.17, 15) is 0 Å². The Balaban J connectivity index is 1.70. The molecule has 0 spiro atoms. The number of nitrogens with one attached hydrogen (secondary N) is 1. The lowest BCUT2D eigenvalue weighted by atomic mass is 10.3. The summed E-state index contributed by atoms with van der Waals surface area (Å²) in [5.74, 6) is 2.42. The highest BCUT2D eigenvalue weighted by Gasteiger charge is 2.13. The monoisotopic (exact) mass is 333 g/mol. The highest BCUT2D eigenvalue weighted by Crippen LogP contribution is 2.28. The fourth-order valence-electron chi connectivity index (χ4n) is 2.46. The number of benzene rings is 2. The highest BCUT2D eigenvalue weighted by molar-refractivity contribution is 5.80. The summed E-state index contributed by atoms with van der Waals surface area (Å²) in [4.78, 5) is 16.3. The number of nitrogens with two attached hydrogens (primary N) is 1. The number of anilines is 1. The maximum Gasteiger partial charge on any atom is 0.238 e. The number of ether oxygens (including phenoxy) is 2. The minimum Gasteiger partial charge on any atom is -0.497 e. The van der Waals surface area contributed by atoms with Crippen molar-refractivity contribution < 1.29 is 9.47 Å². The van der Waals surface area contributed by atoms with Gasteiger partial charge in [-0.15, -0.1) is 0 Å². The molecule has 0 atom stereocenters. The summed E-state index contributed by atoms with van der Waals surface area (Å²) < 4.78 is 10.9. The normalized spacial score (nSPS) is 10.8. The zero-order valence-corrected chi connectivity index (χ0v) is 13.4. The van der Waals surface area contributed by atoms with Crippen LogP contribution < -0.4 is 15.2 Å². The Hall–Kier alpha value is -3.61. The van der Waals surface area contributed by atoms with Crippen LogP contribution in [0.4, 0.5) is 5.82 Å². The van der Waals surface area contributed by atoms with Gasteiger partial charge in [0.15, 0.2) is 17.3 Å². The van der Waals surface area contributed by atoms with Gasteiger partial charge in [0.05, 0.1) is 24.3 Å². The molecule has 0 bridgehead atoms. The largest absolute Gasteiger partial charge is 0.497 e. The predicted molar refractivity (Wildman–Crippen MR) is 94.6 cm³/mol. The van der Waals surface area contributed by atoms with Gasteiger partial charge in [-0.25, -0.2) is 15.0 Å². The van der Waals surface area contributed by atoms with Crippen molar-refractivity contribution >= 4 is 16.9 Å². The lowest BCUT2D eigenvalue weighted by Gasteiger charge is -2.08. The second-order valence-electron chi connectivity index (χ2n) is 5.33. The number of hydrogen-bond donors (Lipinski definition) is 2. The van der Waals surface area contributed by atoms with Gasteiger partial charge in [0.25, 0.3) is 0 Å². The fraction of sp³-hybridized carbons (Fsp3) is 0.0556. The third-order valence-electron chi connectivity index (χ3n) is 3.66. The number of nitrogens with zero attached hydrogens (tertiary/aromatic N) is 3. The molecule has 0 unspecified atom stereocenters. The first-order valence-electron chi connectivity index (χ1n) is 7.62. The molecule has 3 N–H and O–H groups in total. The molecule has 0 saturated heterocycles. The summed E-state index contributed by atoms with van der Waals surface area (Å²) in [5, 5.41) is 0. The Morgan fingerprint density at radius 3 is 2.68 bits per heavy atom. The van der Waals surface area contributed by atoms with Crippen molar-refractivity contribution in [3.63, 3.8) is 0 Å². The van der Waals surface area contributed by atoms with E-state index in [-0.39, 0.29) is 5.82 Å². The van der Waals surface area contributed by atoms with E-state index in [2.05, 4.69) is 19.9 Å². The quantitative estimate of drug-likeness (QED) is 0.594. The molecule has 2 aromatic heterocycles. The molecule has 2 aromatic carbocycles. The van der Waals surface area contributed by atoms with E-state index in [1.54, 1.807) is 19.2 Å². The number of H-pyrrole nitrogens is 1. The number of nitrogen functional groups attached to an aromatic ring is 1. The minimum absolute atomic E-state index is 0.275. The predicted octanol–water partition coefficient (Wildman–Crippen LogP) is 3.40. The zero-order valence-electron chi connectivity index (χ0n) is 13.4. The van der Waals surface area contributed by atoms with E-state index in [1.165, 1.54) is 6.20 Å².